The van der Waals surface area contributed by atoms with Crippen LogP contribution in [0, 0.1) is 11.8 Å². The quantitative estimate of drug-likeness (QED) is 0.609. The van der Waals surface area contributed by atoms with Crippen molar-refractivity contribution in [1.82, 2.24) is 4.90 Å². The molecule has 0 saturated carbocycles. The van der Waals surface area contributed by atoms with Crippen molar-refractivity contribution in [1.29, 1.82) is 0 Å². The number of fused-ring (bicyclic) bond motifs is 2. The van der Waals surface area contributed by atoms with Crippen LogP contribution in [0.5, 0.6) is 0 Å². The van der Waals surface area contributed by atoms with Crippen molar-refractivity contribution in [2.24, 2.45) is 11.8 Å². The summed E-state index contributed by atoms with van der Waals surface area (Å²) in [5.41, 5.74) is 0. The summed E-state index contributed by atoms with van der Waals surface area (Å²) in [7, 11) is 0. The second-order valence-electron chi connectivity index (χ2n) is 5.49. The molecule has 0 N–H and O–H groups in total. The number of hydrogen-bond acceptors (Lipinski definition) is 1. The second-order valence-corrected chi connectivity index (χ2v) is 5.49. The molecule has 0 aromatic rings. The van der Waals surface area contributed by atoms with E-state index in [-0.39, 0.29) is 0 Å². The highest BCUT2D eigenvalue weighted by Gasteiger charge is 2.43. The van der Waals surface area contributed by atoms with Crippen LogP contribution in [0.25, 0.3) is 0 Å². The van der Waals surface area contributed by atoms with Crippen LogP contribution < -0.4 is 0 Å². The fraction of sp³-hybridized carbons (Fsp3) is 0.846. The van der Waals surface area contributed by atoms with Crippen molar-refractivity contribution in [3.63, 3.8) is 0 Å². The highest BCUT2D eigenvalue weighted by atomic mass is 15.2. The summed E-state index contributed by atoms with van der Waals surface area (Å²) in [6, 6.07) is 2.27. The number of rotatable bonds is 2. The van der Waals surface area contributed by atoms with Gasteiger partial charge in [-0.2, -0.15) is 0 Å². The van der Waals surface area contributed by atoms with E-state index in [4.69, 9.17) is 0 Å². The molecular formula is C13H23N. The van der Waals surface area contributed by atoms with Crippen LogP contribution in [-0.2, 0) is 0 Å². The smallest absolute Gasteiger partial charge is 0.0315 e. The molecule has 1 saturated heterocycles. The van der Waals surface area contributed by atoms with E-state index in [1.165, 1.54) is 12.8 Å². The van der Waals surface area contributed by atoms with E-state index in [2.05, 4.69) is 44.7 Å². The van der Waals surface area contributed by atoms with E-state index in [9.17, 15) is 0 Å². The monoisotopic (exact) mass is 193 g/mol. The molecule has 1 nitrogen and oxygen atoms in total. The van der Waals surface area contributed by atoms with Gasteiger partial charge in [0.25, 0.3) is 0 Å². The van der Waals surface area contributed by atoms with E-state index in [1.54, 1.807) is 0 Å². The first-order valence-electron chi connectivity index (χ1n) is 6.05. The van der Waals surface area contributed by atoms with Gasteiger partial charge in [0.2, 0.25) is 0 Å². The molecule has 80 valence electrons. The zero-order valence-corrected chi connectivity index (χ0v) is 9.90. The molecule has 3 unspecified atom stereocenters. The van der Waals surface area contributed by atoms with Crippen LogP contribution in [0.3, 0.4) is 0 Å². The number of nitrogens with zero attached hydrogens (tertiary/aromatic N) is 1. The van der Waals surface area contributed by atoms with Gasteiger partial charge in [0.15, 0.2) is 0 Å². The zero-order chi connectivity index (χ0) is 10.3. The molecule has 0 radical (unpaired) electrons. The first-order valence-corrected chi connectivity index (χ1v) is 6.05. The molecule has 1 heteroatoms. The molecule has 2 bridgehead atoms. The van der Waals surface area contributed by atoms with Crippen molar-refractivity contribution in [3.05, 3.63) is 12.2 Å². The molecule has 0 aromatic carbocycles. The van der Waals surface area contributed by atoms with Crippen molar-refractivity contribution >= 4 is 0 Å². The Hall–Kier alpha value is -0.300. The highest BCUT2D eigenvalue weighted by molar-refractivity contribution is 5.12. The first-order chi connectivity index (χ1) is 6.61. The molecule has 0 spiro atoms. The third kappa shape index (κ3) is 1.52. The maximum Gasteiger partial charge on any atom is 0.0315 e. The standard InChI is InChI=1S/C13H23N/c1-9(2)12-8-11-6-5-7-13(12)14(11)10(3)4/h5,7,9-13H,6,8H2,1-4H3. The van der Waals surface area contributed by atoms with Gasteiger partial charge in [-0.15, -0.1) is 0 Å². The fourth-order valence-corrected chi connectivity index (χ4v) is 3.31. The molecule has 2 aliphatic rings. The van der Waals surface area contributed by atoms with Gasteiger partial charge in [0, 0.05) is 18.1 Å². The molecule has 2 rings (SSSR count). The van der Waals surface area contributed by atoms with Gasteiger partial charge in [-0.25, -0.2) is 0 Å². The highest BCUT2D eigenvalue weighted by Crippen LogP contribution is 2.40. The molecule has 1 fully saturated rings. The lowest BCUT2D eigenvalue weighted by molar-refractivity contribution is 0.149. The summed E-state index contributed by atoms with van der Waals surface area (Å²) in [6.45, 7) is 9.42. The molecule has 2 aliphatic heterocycles. The Morgan fingerprint density at radius 2 is 1.93 bits per heavy atom. The number of hydrogen-bond donors (Lipinski definition) is 0. The SMILES string of the molecule is CC(C)C1CC2CC=CC1N2C(C)C. The lowest BCUT2D eigenvalue weighted by Crippen LogP contribution is -2.43. The summed E-state index contributed by atoms with van der Waals surface area (Å²) in [4.78, 5) is 2.73. The average Bonchev–Trinajstić information content (AvgIpc) is 2.34. The topological polar surface area (TPSA) is 3.24 Å². The molecule has 14 heavy (non-hydrogen) atoms. The van der Waals surface area contributed by atoms with E-state index < -0.39 is 0 Å². The van der Waals surface area contributed by atoms with Gasteiger partial charge >= 0.3 is 0 Å². The van der Waals surface area contributed by atoms with Crippen molar-refractivity contribution in [3.8, 4) is 0 Å². The average molecular weight is 193 g/mol. The maximum atomic E-state index is 2.73. The Kier molecular flexibility index (Phi) is 2.70. The normalized spacial score (nSPS) is 37.4. The van der Waals surface area contributed by atoms with Crippen molar-refractivity contribution in [2.75, 3.05) is 0 Å². The lowest BCUT2D eigenvalue weighted by atomic mass is 9.88. The molecule has 0 aromatic heterocycles. The van der Waals surface area contributed by atoms with Gasteiger partial charge < -0.3 is 0 Å². The zero-order valence-electron chi connectivity index (χ0n) is 9.90. The summed E-state index contributed by atoms with van der Waals surface area (Å²) in [5, 5.41) is 0. The van der Waals surface area contributed by atoms with Gasteiger partial charge in [-0.3, -0.25) is 4.90 Å². The van der Waals surface area contributed by atoms with Crippen molar-refractivity contribution < 1.29 is 0 Å². The molecule has 0 amide bonds. The molecule has 2 heterocycles. The summed E-state index contributed by atoms with van der Waals surface area (Å²) in [6.07, 6.45) is 7.54. The minimum Gasteiger partial charge on any atom is -0.291 e. The second kappa shape index (κ2) is 3.69. The Morgan fingerprint density at radius 3 is 2.43 bits per heavy atom. The Balaban J connectivity index is 2.20. The predicted molar refractivity (Wildman–Crippen MR) is 61.3 cm³/mol. The van der Waals surface area contributed by atoms with E-state index in [0.717, 1.165) is 23.9 Å². The van der Waals surface area contributed by atoms with Crippen LogP contribution in [-0.4, -0.2) is 23.0 Å². The van der Waals surface area contributed by atoms with Crippen LogP contribution >= 0.6 is 0 Å². The summed E-state index contributed by atoms with van der Waals surface area (Å²) >= 11 is 0. The largest absolute Gasteiger partial charge is 0.291 e. The Morgan fingerprint density at radius 1 is 1.21 bits per heavy atom. The van der Waals surface area contributed by atoms with E-state index >= 15 is 0 Å². The van der Waals surface area contributed by atoms with E-state index in [0.29, 0.717) is 6.04 Å². The molecule has 0 aliphatic carbocycles. The first kappa shape index (κ1) is 10.2. The van der Waals surface area contributed by atoms with E-state index in [1.807, 2.05) is 0 Å². The lowest BCUT2D eigenvalue weighted by Gasteiger charge is -2.36. The third-order valence-electron chi connectivity index (χ3n) is 3.94. The van der Waals surface area contributed by atoms with Crippen LogP contribution in [0.4, 0.5) is 0 Å². The molecule has 3 atom stereocenters. The maximum absolute atomic E-state index is 2.73. The summed E-state index contributed by atoms with van der Waals surface area (Å²) in [5.74, 6) is 1.72. The van der Waals surface area contributed by atoms with Gasteiger partial charge in [0.05, 0.1) is 0 Å². The molecular weight excluding hydrogens is 170 g/mol. The van der Waals surface area contributed by atoms with Gasteiger partial charge in [-0.05, 0) is 38.5 Å². The van der Waals surface area contributed by atoms with Crippen molar-refractivity contribution in [2.45, 2.75) is 58.7 Å². The Bertz CT molecular complexity index is 229. The van der Waals surface area contributed by atoms with Crippen LogP contribution in [0.2, 0.25) is 0 Å². The predicted octanol–water partition coefficient (Wildman–Crippen LogP) is 3.07. The summed E-state index contributed by atoms with van der Waals surface area (Å²) < 4.78 is 0. The Labute approximate surface area is 88.2 Å². The fourth-order valence-electron chi connectivity index (χ4n) is 3.31. The minimum atomic E-state index is 0.707. The van der Waals surface area contributed by atoms with Gasteiger partial charge in [-0.1, -0.05) is 26.0 Å². The van der Waals surface area contributed by atoms with Crippen LogP contribution in [0.15, 0.2) is 12.2 Å². The minimum absolute atomic E-state index is 0.707. The van der Waals surface area contributed by atoms with Gasteiger partial charge in [0.1, 0.15) is 0 Å². The third-order valence-corrected chi connectivity index (χ3v) is 3.94. The van der Waals surface area contributed by atoms with Crippen LogP contribution in [0.1, 0.15) is 40.5 Å².